The number of benzene rings is 2. The number of aliphatic hydroxyl groups excluding tert-OH is 1. The molecule has 176 valence electrons. The van der Waals surface area contributed by atoms with Crippen molar-refractivity contribution < 1.29 is 38.5 Å². The van der Waals surface area contributed by atoms with Gasteiger partial charge in [0.2, 0.25) is 11.9 Å². The molecule has 0 aliphatic carbocycles. The molecule has 4 amide bonds. The number of carbonyl (C=O) groups excluding carboxylic acids is 5. The number of hydrogen-bond acceptors (Lipinski definition) is 8. The lowest BCUT2D eigenvalue weighted by molar-refractivity contribution is -0.858. The number of imide groups is 2. The summed E-state index contributed by atoms with van der Waals surface area (Å²) in [5, 5.41) is 9.27. The Kier molecular flexibility index (Phi) is 6.64. The van der Waals surface area contributed by atoms with Crippen molar-refractivity contribution in [1.82, 2.24) is 10.5 Å². The van der Waals surface area contributed by atoms with Crippen molar-refractivity contribution in [2.45, 2.75) is 31.7 Å². The van der Waals surface area contributed by atoms with Crippen molar-refractivity contribution in [2.75, 3.05) is 13.2 Å². The van der Waals surface area contributed by atoms with Crippen LogP contribution in [0.1, 0.15) is 45.5 Å². The van der Waals surface area contributed by atoms with Crippen LogP contribution >= 0.6 is 0 Å². The number of fused-ring (bicyclic) bond motifs is 1. The summed E-state index contributed by atoms with van der Waals surface area (Å²) in [6.45, 7) is -0.728. The molecule has 1 fully saturated rings. The van der Waals surface area contributed by atoms with Gasteiger partial charge in [0.15, 0.2) is 0 Å². The first kappa shape index (κ1) is 23.4. The number of rotatable bonds is 8. The molecule has 10 heteroatoms. The number of carbonyl (C=O) groups is 5. The quantitative estimate of drug-likeness (QED) is 0.334. The molecule has 2 aliphatic rings. The molecule has 1 saturated heterocycles. The average Bonchev–Trinajstić information content (AvgIpc) is 3.07. The molecule has 2 aromatic rings. The van der Waals surface area contributed by atoms with E-state index in [1.807, 2.05) is 30.3 Å². The van der Waals surface area contributed by atoms with Crippen LogP contribution in [0.25, 0.3) is 0 Å². The number of aliphatic hydroxyl groups is 1. The van der Waals surface area contributed by atoms with Crippen molar-refractivity contribution in [2.24, 2.45) is 0 Å². The molecule has 0 spiro atoms. The maximum Gasteiger partial charge on any atom is 0.377 e. The Morgan fingerprint density at radius 1 is 1.00 bits per heavy atom. The van der Waals surface area contributed by atoms with Crippen LogP contribution < -0.4 is 5.59 Å². The Morgan fingerprint density at radius 3 is 2.24 bits per heavy atom. The highest BCUT2D eigenvalue weighted by Crippen LogP contribution is 2.35. The normalized spacial score (nSPS) is 19.3. The zero-order valence-corrected chi connectivity index (χ0v) is 18.3. The Labute approximate surface area is 195 Å². The highest BCUT2D eigenvalue weighted by Gasteiger charge is 2.64. The highest BCUT2D eigenvalue weighted by atomic mass is 16.7. The highest BCUT2D eigenvalue weighted by molar-refractivity contribution is 6.15. The molecule has 2 heterocycles. The number of hydrogen-bond donors (Lipinski definition) is 2. The number of piperidine rings is 1. The molecule has 4 rings (SSSR count). The largest absolute Gasteiger partial charge is 0.395 e. The summed E-state index contributed by atoms with van der Waals surface area (Å²) >= 11 is 0. The van der Waals surface area contributed by atoms with E-state index in [0.29, 0.717) is 6.42 Å². The summed E-state index contributed by atoms with van der Waals surface area (Å²) in [6.07, 6.45) is 0.126. The van der Waals surface area contributed by atoms with Crippen LogP contribution in [0, 0.1) is 0 Å². The Hall–Kier alpha value is -3.73. The Morgan fingerprint density at radius 2 is 1.62 bits per heavy atom. The topological polar surface area (TPSA) is 130 Å². The molecular weight excluding hydrogens is 442 g/mol. The zero-order valence-electron chi connectivity index (χ0n) is 18.3. The monoisotopic (exact) mass is 466 g/mol. The van der Waals surface area contributed by atoms with Gasteiger partial charge in [-0.1, -0.05) is 47.1 Å². The molecule has 2 N–H and O–H groups in total. The molecule has 34 heavy (non-hydrogen) atoms. The molecular formula is C24H24N3O7+. The predicted molar refractivity (Wildman–Crippen MR) is 116 cm³/mol. The number of aryl methyl sites for hydroxylation is 1. The summed E-state index contributed by atoms with van der Waals surface area (Å²) in [7, 11) is 0. The molecule has 0 aromatic heterocycles. The van der Waals surface area contributed by atoms with Gasteiger partial charge in [-0.2, -0.15) is 0 Å². The summed E-state index contributed by atoms with van der Waals surface area (Å²) in [5.74, 6) is -3.54. The minimum Gasteiger partial charge on any atom is -0.395 e. The zero-order chi connectivity index (χ0) is 24.3. The number of β-amino-alcohol motifs (C(OH)–C–C–N with tert-alkyl or cyclic N) is 1. The van der Waals surface area contributed by atoms with Gasteiger partial charge in [0, 0.05) is 18.4 Å². The van der Waals surface area contributed by atoms with Gasteiger partial charge >= 0.3 is 17.8 Å². The lowest BCUT2D eigenvalue weighted by Gasteiger charge is -2.38. The average molecular weight is 466 g/mol. The van der Waals surface area contributed by atoms with Crippen LogP contribution in [0.3, 0.4) is 0 Å². The second-order valence-electron chi connectivity index (χ2n) is 8.09. The van der Waals surface area contributed by atoms with E-state index in [4.69, 9.17) is 4.84 Å². The van der Waals surface area contributed by atoms with E-state index in [1.54, 1.807) is 12.1 Å². The third kappa shape index (κ3) is 4.03. The van der Waals surface area contributed by atoms with Crippen LogP contribution in [-0.4, -0.2) is 63.4 Å². The number of amides is 4. The molecule has 0 unspecified atom stereocenters. The summed E-state index contributed by atoms with van der Waals surface area (Å²) in [4.78, 5) is 71.0. The molecule has 0 radical (unpaired) electrons. The minimum absolute atomic E-state index is 0.0277. The van der Waals surface area contributed by atoms with Gasteiger partial charge in [0.25, 0.3) is 5.91 Å². The van der Waals surface area contributed by atoms with E-state index in [0.717, 1.165) is 10.5 Å². The van der Waals surface area contributed by atoms with Gasteiger partial charge in [-0.3, -0.25) is 19.3 Å². The van der Waals surface area contributed by atoms with E-state index in [-0.39, 0.29) is 36.9 Å². The van der Waals surface area contributed by atoms with Crippen molar-refractivity contribution in [3.63, 3.8) is 0 Å². The molecule has 2 aromatic carbocycles. The van der Waals surface area contributed by atoms with Crippen LogP contribution in [0.15, 0.2) is 54.6 Å². The first-order valence-corrected chi connectivity index (χ1v) is 10.9. The first-order valence-electron chi connectivity index (χ1n) is 10.9. The fourth-order valence-corrected chi connectivity index (χ4v) is 4.34. The SMILES string of the molecule is O=C(CCc1ccccc1)ON[N+]1([C@H]2CCC(=O)N(CCO)C2=O)C(=O)c2ccccc2C1=O. The minimum atomic E-state index is -1.35. The number of quaternary nitrogens is 1. The first-order chi connectivity index (χ1) is 16.4. The smallest absolute Gasteiger partial charge is 0.377 e. The van der Waals surface area contributed by atoms with Gasteiger partial charge in [-0.05, 0) is 24.1 Å². The van der Waals surface area contributed by atoms with Crippen LogP contribution in [-0.2, 0) is 25.6 Å². The van der Waals surface area contributed by atoms with Crippen LogP contribution in [0.4, 0.5) is 0 Å². The van der Waals surface area contributed by atoms with Crippen molar-refractivity contribution in [3.05, 3.63) is 71.3 Å². The second-order valence-corrected chi connectivity index (χ2v) is 8.09. The van der Waals surface area contributed by atoms with E-state index >= 15 is 0 Å². The predicted octanol–water partition coefficient (Wildman–Crippen LogP) is 0.903. The molecule has 2 aliphatic heterocycles. The molecule has 0 bridgehead atoms. The lowest BCUT2D eigenvalue weighted by Crippen LogP contribution is -2.72. The molecule has 0 saturated carbocycles. The molecule has 10 nitrogen and oxygen atoms in total. The van der Waals surface area contributed by atoms with Gasteiger partial charge in [0.1, 0.15) is 0 Å². The third-order valence-electron chi connectivity index (χ3n) is 6.07. The van der Waals surface area contributed by atoms with Gasteiger partial charge in [-0.25, -0.2) is 9.59 Å². The van der Waals surface area contributed by atoms with Crippen molar-refractivity contribution >= 4 is 29.6 Å². The summed E-state index contributed by atoms with van der Waals surface area (Å²) in [5.41, 5.74) is 3.39. The molecule has 1 atom stereocenters. The Bertz CT molecular complexity index is 1110. The van der Waals surface area contributed by atoms with E-state index < -0.39 is 46.8 Å². The van der Waals surface area contributed by atoms with Gasteiger partial charge in [0.05, 0.1) is 30.7 Å². The third-order valence-corrected chi connectivity index (χ3v) is 6.07. The summed E-state index contributed by atoms with van der Waals surface area (Å²) in [6, 6.07) is 14.0. The van der Waals surface area contributed by atoms with Crippen molar-refractivity contribution in [3.8, 4) is 0 Å². The maximum absolute atomic E-state index is 13.5. The van der Waals surface area contributed by atoms with E-state index in [2.05, 4.69) is 5.59 Å². The summed E-state index contributed by atoms with van der Waals surface area (Å²) < 4.78 is -1.29. The maximum atomic E-state index is 13.5. The second kappa shape index (κ2) is 9.64. The number of nitrogens with one attached hydrogen (secondary N) is 1. The fraction of sp³-hybridized carbons (Fsp3) is 0.292. The van der Waals surface area contributed by atoms with Crippen LogP contribution in [0.5, 0.6) is 0 Å². The van der Waals surface area contributed by atoms with Gasteiger partial charge in [-0.15, -0.1) is 0 Å². The fourth-order valence-electron chi connectivity index (χ4n) is 4.34. The van der Waals surface area contributed by atoms with Crippen molar-refractivity contribution in [1.29, 1.82) is 0 Å². The number of nitrogens with zero attached hydrogens (tertiary/aromatic N) is 2. The standard InChI is InChI=1S/C24H24N3O7/c28-15-14-26-20(29)12-11-19(22(26)31)27(23(32)17-8-4-5-9-18(17)24(27)33)25-34-21(30)13-10-16-6-2-1-3-7-16/h1-9,19,25,28H,10-15H2/q+1/t19-/m0/s1. The Balaban J connectivity index is 1.61. The van der Waals surface area contributed by atoms with Crippen LogP contribution in [0.2, 0.25) is 0 Å². The number of likely N-dealkylation sites (tertiary alicyclic amines) is 1. The van der Waals surface area contributed by atoms with Gasteiger partial charge < -0.3 is 9.94 Å². The lowest BCUT2D eigenvalue weighted by atomic mass is 10.0. The van der Waals surface area contributed by atoms with E-state index in [1.165, 1.54) is 12.1 Å². The van der Waals surface area contributed by atoms with E-state index in [9.17, 15) is 29.1 Å².